The number of urea groups is 1. The molecule has 1 aliphatic carbocycles. The quantitative estimate of drug-likeness (QED) is 0.690. The summed E-state index contributed by atoms with van der Waals surface area (Å²) in [6, 6.07) is 8.41. The molecule has 5 nitrogen and oxygen atoms in total. The minimum Gasteiger partial charge on any atom is -0.338 e. The molecule has 1 aromatic rings. The highest BCUT2D eigenvalue weighted by molar-refractivity contribution is 5.94. The molecule has 126 valence electrons. The maximum Gasteiger partial charge on any atom is 0.321 e. The summed E-state index contributed by atoms with van der Waals surface area (Å²) in [5, 5.41) is 5.13. The van der Waals surface area contributed by atoms with Crippen LogP contribution >= 0.6 is 0 Å². The predicted molar refractivity (Wildman–Crippen MR) is 90.3 cm³/mol. The van der Waals surface area contributed by atoms with Crippen LogP contribution in [0.2, 0.25) is 0 Å². The van der Waals surface area contributed by atoms with Crippen LogP contribution in [0.25, 0.3) is 0 Å². The summed E-state index contributed by atoms with van der Waals surface area (Å²) in [5.74, 6) is -0.223. The third-order valence-electron chi connectivity index (χ3n) is 4.47. The van der Waals surface area contributed by atoms with Crippen molar-refractivity contribution in [1.29, 1.82) is 0 Å². The highest BCUT2D eigenvalue weighted by Gasteiger charge is 2.28. The number of benzene rings is 1. The number of aryl methyl sites for hydroxylation is 1. The molecule has 0 aliphatic heterocycles. The first-order valence-electron chi connectivity index (χ1n) is 8.59. The molecule has 5 heteroatoms. The summed E-state index contributed by atoms with van der Waals surface area (Å²) in [4.78, 5) is 24.8. The van der Waals surface area contributed by atoms with E-state index in [1.54, 1.807) is 0 Å². The van der Waals surface area contributed by atoms with Crippen LogP contribution in [0.3, 0.4) is 0 Å². The third-order valence-corrected chi connectivity index (χ3v) is 4.47. The van der Waals surface area contributed by atoms with Gasteiger partial charge in [-0.05, 0) is 24.8 Å². The zero-order valence-corrected chi connectivity index (χ0v) is 14.2. The molecule has 2 atom stereocenters. The molecule has 0 fully saturated rings. The Balaban J connectivity index is 1.86. The molecule has 3 N–H and O–H groups in total. The van der Waals surface area contributed by atoms with Gasteiger partial charge in [0.15, 0.2) is 6.54 Å². The maximum absolute atomic E-state index is 12.1. The van der Waals surface area contributed by atoms with Crippen molar-refractivity contribution in [1.82, 2.24) is 10.6 Å². The normalized spacial score (nSPS) is 17.9. The van der Waals surface area contributed by atoms with Gasteiger partial charge in [-0.3, -0.25) is 10.1 Å². The number of hydrogen-bond donors (Lipinski definition) is 3. The lowest BCUT2D eigenvalue weighted by Gasteiger charge is -2.30. The number of likely N-dealkylation sites (N-methyl/N-ethyl adjacent to an activating group) is 1. The van der Waals surface area contributed by atoms with Crippen LogP contribution in [-0.4, -0.2) is 32.1 Å². The SMILES string of the molecule is CCCCNC(=O)NC(=O)C[NH+](C)[C@@H]1CCCc2ccccc21. The number of carbonyl (C=O) groups excluding carboxylic acids is 2. The Labute approximate surface area is 138 Å². The van der Waals surface area contributed by atoms with E-state index in [0.717, 1.165) is 37.0 Å². The van der Waals surface area contributed by atoms with Gasteiger partial charge in [0, 0.05) is 18.5 Å². The number of quaternary nitrogens is 1. The van der Waals surface area contributed by atoms with Crippen molar-refractivity contribution < 1.29 is 14.5 Å². The van der Waals surface area contributed by atoms with Crippen molar-refractivity contribution in [2.24, 2.45) is 0 Å². The number of amides is 3. The van der Waals surface area contributed by atoms with E-state index in [1.807, 2.05) is 7.05 Å². The molecule has 3 amide bonds. The van der Waals surface area contributed by atoms with Crippen LogP contribution in [0.1, 0.15) is 49.8 Å². The van der Waals surface area contributed by atoms with E-state index < -0.39 is 0 Å². The Kier molecular flexibility index (Phi) is 6.59. The zero-order chi connectivity index (χ0) is 16.7. The molecule has 0 heterocycles. The molecule has 0 saturated heterocycles. The Hall–Kier alpha value is -1.88. The van der Waals surface area contributed by atoms with Gasteiger partial charge in [-0.15, -0.1) is 0 Å². The molecule has 1 aliphatic rings. The second-order valence-corrected chi connectivity index (χ2v) is 6.32. The second-order valence-electron chi connectivity index (χ2n) is 6.32. The van der Waals surface area contributed by atoms with Gasteiger partial charge in [0.2, 0.25) is 0 Å². The largest absolute Gasteiger partial charge is 0.338 e. The first-order valence-corrected chi connectivity index (χ1v) is 8.59. The van der Waals surface area contributed by atoms with Gasteiger partial charge in [-0.1, -0.05) is 37.6 Å². The Morgan fingerprint density at radius 1 is 1.30 bits per heavy atom. The number of hydrogen-bond acceptors (Lipinski definition) is 2. The first kappa shape index (κ1) is 17.5. The van der Waals surface area contributed by atoms with Crippen molar-refractivity contribution >= 4 is 11.9 Å². The van der Waals surface area contributed by atoms with Crippen LogP contribution in [0, 0.1) is 0 Å². The molecular formula is C18H28N3O2+. The van der Waals surface area contributed by atoms with E-state index in [4.69, 9.17) is 0 Å². The first-order chi connectivity index (χ1) is 11.1. The molecule has 23 heavy (non-hydrogen) atoms. The monoisotopic (exact) mass is 318 g/mol. The molecule has 0 spiro atoms. The molecule has 1 unspecified atom stereocenters. The van der Waals surface area contributed by atoms with Gasteiger partial charge in [0.25, 0.3) is 5.91 Å². The molecular weight excluding hydrogens is 290 g/mol. The van der Waals surface area contributed by atoms with Crippen molar-refractivity contribution in [3.8, 4) is 0 Å². The molecule has 0 radical (unpaired) electrons. The minimum atomic E-state index is -0.389. The zero-order valence-electron chi connectivity index (χ0n) is 14.2. The Morgan fingerprint density at radius 2 is 2.09 bits per heavy atom. The van der Waals surface area contributed by atoms with Gasteiger partial charge < -0.3 is 10.2 Å². The lowest BCUT2D eigenvalue weighted by molar-refractivity contribution is -0.905. The van der Waals surface area contributed by atoms with E-state index >= 15 is 0 Å². The summed E-state index contributed by atoms with van der Waals surface area (Å²) in [6.45, 7) is 2.97. The average molecular weight is 318 g/mol. The summed E-state index contributed by atoms with van der Waals surface area (Å²) in [7, 11) is 2.03. The molecule has 0 aromatic heterocycles. The van der Waals surface area contributed by atoms with E-state index in [9.17, 15) is 9.59 Å². The highest BCUT2D eigenvalue weighted by atomic mass is 16.2. The van der Waals surface area contributed by atoms with Gasteiger partial charge in [0.05, 0.1) is 7.05 Å². The maximum atomic E-state index is 12.1. The summed E-state index contributed by atoms with van der Waals surface area (Å²) in [5.41, 5.74) is 2.73. The van der Waals surface area contributed by atoms with Gasteiger partial charge in [0.1, 0.15) is 6.04 Å². The molecule has 0 saturated carbocycles. The summed E-state index contributed by atoms with van der Waals surface area (Å²) >= 11 is 0. The number of carbonyl (C=O) groups is 2. The molecule has 1 aromatic carbocycles. The van der Waals surface area contributed by atoms with Crippen LogP contribution in [0.5, 0.6) is 0 Å². The molecule has 2 rings (SSSR count). The smallest absolute Gasteiger partial charge is 0.321 e. The van der Waals surface area contributed by atoms with E-state index in [2.05, 4.69) is 41.8 Å². The number of rotatable bonds is 6. The van der Waals surface area contributed by atoms with Gasteiger partial charge >= 0.3 is 6.03 Å². The average Bonchev–Trinajstić information content (AvgIpc) is 2.54. The van der Waals surface area contributed by atoms with E-state index in [0.29, 0.717) is 19.1 Å². The topological polar surface area (TPSA) is 62.6 Å². The van der Waals surface area contributed by atoms with Crippen molar-refractivity contribution in [3.63, 3.8) is 0 Å². The third kappa shape index (κ3) is 5.06. The minimum absolute atomic E-state index is 0.223. The Morgan fingerprint density at radius 3 is 2.87 bits per heavy atom. The fourth-order valence-electron chi connectivity index (χ4n) is 3.24. The molecule has 0 bridgehead atoms. The fourth-order valence-corrected chi connectivity index (χ4v) is 3.24. The number of imide groups is 1. The Bertz CT molecular complexity index is 545. The second kappa shape index (κ2) is 8.67. The number of unbranched alkanes of at least 4 members (excludes halogenated alkanes) is 1. The fraction of sp³-hybridized carbons (Fsp3) is 0.556. The standard InChI is InChI=1S/C18H27N3O2/c1-3-4-12-19-18(23)20-17(22)13-21(2)16-11-7-9-14-8-5-6-10-15(14)16/h5-6,8,10,16H,3-4,7,9,11-13H2,1-2H3,(H2,19,20,22,23)/p+1/t16-/m1/s1. The van der Waals surface area contributed by atoms with E-state index in [1.165, 1.54) is 11.1 Å². The van der Waals surface area contributed by atoms with Crippen LogP contribution in [0.15, 0.2) is 24.3 Å². The van der Waals surface area contributed by atoms with Crippen molar-refractivity contribution in [2.75, 3.05) is 20.1 Å². The lowest BCUT2D eigenvalue weighted by Crippen LogP contribution is -3.10. The van der Waals surface area contributed by atoms with Gasteiger partial charge in [-0.25, -0.2) is 4.79 Å². The van der Waals surface area contributed by atoms with Gasteiger partial charge in [-0.2, -0.15) is 0 Å². The van der Waals surface area contributed by atoms with Crippen LogP contribution in [-0.2, 0) is 11.2 Å². The highest BCUT2D eigenvalue weighted by Crippen LogP contribution is 2.27. The number of nitrogens with one attached hydrogen (secondary N) is 3. The lowest BCUT2D eigenvalue weighted by atomic mass is 9.87. The van der Waals surface area contributed by atoms with Crippen LogP contribution < -0.4 is 15.5 Å². The summed E-state index contributed by atoms with van der Waals surface area (Å²) < 4.78 is 0. The number of fused-ring (bicyclic) bond motifs is 1. The summed E-state index contributed by atoms with van der Waals surface area (Å²) in [6.07, 6.45) is 5.29. The van der Waals surface area contributed by atoms with E-state index in [-0.39, 0.29) is 11.9 Å². The van der Waals surface area contributed by atoms with Crippen molar-refractivity contribution in [3.05, 3.63) is 35.4 Å². The van der Waals surface area contributed by atoms with Crippen molar-refractivity contribution in [2.45, 2.75) is 45.1 Å². The van der Waals surface area contributed by atoms with Crippen LogP contribution in [0.4, 0.5) is 4.79 Å². The predicted octanol–water partition coefficient (Wildman–Crippen LogP) is 1.20.